The van der Waals surface area contributed by atoms with E-state index < -0.39 is 0 Å². The number of hydrogen-bond acceptors (Lipinski definition) is 4. The topological polar surface area (TPSA) is 70.9 Å². The number of nitrogens with zero attached hydrogens (tertiary/aromatic N) is 1. The average molecular weight is 312 g/mol. The Morgan fingerprint density at radius 1 is 1.13 bits per heavy atom. The number of aromatic hydroxyl groups is 1. The van der Waals surface area contributed by atoms with Crippen LogP contribution in [0.5, 0.6) is 11.5 Å². The van der Waals surface area contributed by atoms with Crippen molar-refractivity contribution in [2.75, 3.05) is 6.61 Å². The van der Waals surface area contributed by atoms with Gasteiger partial charge >= 0.3 is 0 Å². The number of phenols is 1. The van der Waals surface area contributed by atoms with Crippen LogP contribution < -0.4 is 10.2 Å². The molecule has 0 spiro atoms. The van der Waals surface area contributed by atoms with Gasteiger partial charge < -0.3 is 9.84 Å². The van der Waals surface area contributed by atoms with Gasteiger partial charge in [0.1, 0.15) is 11.5 Å². The van der Waals surface area contributed by atoms with Crippen LogP contribution in [0.2, 0.25) is 0 Å². The zero-order valence-electron chi connectivity index (χ0n) is 13.2. The molecule has 0 bridgehead atoms. The molecule has 0 unspecified atom stereocenters. The fourth-order valence-corrected chi connectivity index (χ4v) is 2.10. The van der Waals surface area contributed by atoms with Gasteiger partial charge in [-0.1, -0.05) is 19.1 Å². The van der Waals surface area contributed by atoms with E-state index in [-0.39, 0.29) is 11.7 Å². The molecule has 2 aromatic rings. The molecule has 1 amide bonds. The molecule has 5 nitrogen and oxygen atoms in total. The van der Waals surface area contributed by atoms with Crippen molar-refractivity contribution in [1.82, 2.24) is 5.43 Å². The number of benzene rings is 2. The summed E-state index contributed by atoms with van der Waals surface area (Å²) in [4.78, 5) is 12.1. The largest absolute Gasteiger partial charge is 0.507 e. The van der Waals surface area contributed by atoms with Crippen LogP contribution in [0.1, 0.15) is 36.2 Å². The first kappa shape index (κ1) is 16.5. The van der Waals surface area contributed by atoms with Gasteiger partial charge in [0.15, 0.2) is 0 Å². The Labute approximate surface area is 135 Å². The normalized spacial score (nSPS) is 11.1. The van der Waals surface area contributed by atoms with Gasteiger partial charge in [0.25, 0.3) is 5.91 Å². The van der Waals surface area contributed by atoms with Crippen LogP contribution in [-0.4, -0.2) is 23.3 Å². The molecule has 5 heteroatoms. The van der Waals surface area contributed by atoms with E-state index >= 15 is 0 Å². The number of ether oxygens (including phenoxy) is 1. The van der Waals surface area contributed by atoms with Gasteiger partial charge in [0.05, 0.1) is 12.3 Å². The molecule has 0 atom stereocenters. The molecule has 0 radical (unpaired) electrons. The number of hydrogen-bond donors (Lipinski definition) is 2. The molecule has 2 aromatic carbocycles. The highest BCUT2D eigenvalue weighted by molar-refractivity contribution is 6.03. The molecular weight excluding hydrogens is 292 g/mol. The van der Waals surface area contributed by atoms with Crippen LogP contribution >= 0.6 is 0 Å². The number of para-hydroxylation sites is 1. The van der Waals surface area contributed by atoms with Crippen molar-refractivity contribution >= 4 is 11.6 Å². The van der Waals surface area contributed by atoms with Crippen LogP contribution in [0.15, 0.2) is 53.6 Å². The minimum atomic E-state index is -0.311. The summed E-state index contributed by atoms with van der Waals surface area (Å²) < 4.78 is 5.34. The highest BCUT2D eigenvalue weighted by Crippen LogP contribution is 2.18. The maximum absolute atomic E-state index is 12.1. The minimum absolute atomic E-state index is 0.142. The van der Waals surface area contributed by atoms with E-state index in [1.807, 2.05) is 19.9 Å². The third-order valence-corrected chi connectivity index (χ3v) is 3.27. The molecule has 120 valence electrons. The Bertz CT molecular complexity index is 694. The second kappa shape index (κ2) is 7.98. The van der Waals surface area contributed by atoms with Crippen LogP contribution in [0.3, 0.4) is 0 Å². The Morgan fingerprint density at radius 3 is 2.43 bits per heavy atom. The first-order chi connectivity index (χ1) is 11.2. The van der Waals surface area contributed by atoms with Crippen molar-refractivity contribution in [3.63, 3.8) is 0 Å². The molecular formula is C18H20N2O3. The van der Waals surface area contributed by atoms with Crippen LogP contribution in [0, 0.1) is 0 Å². The van der Waals surface area contributed by atoms with Crippen molar-refractivity contribution in [3.05, 3.63) is 59.7 Å². The third-order valence-electron chi connectivity index (χ3n) is 3.27. The number of carbonyl (C=O) groups excluding carboxylic acids is 1. The molecule has 2 rings (SSSR count). The summed E-state index contributed by atoms with van der Waals surface area (Å²) in [7, 11) is 0. The summed E-state index contributed by atoms with van der Waals surface area (Å²) in [5.74, 6) is 0.550. The molecule has 0 saturated carbocycles. The minimum Gasteiger partial charge on any atom is -0.507 e. The molecule has 0 aliphatic carbocycles. The highest BCUT2D eigenvalue weighted by Gasteiger charge is 2.09. The Kier molecular flexibility index (Phi) is 5.74. The van der Waals surface area contributed by atoms with Crippen LogP contribution in [0.25, 0.3) is 0 Å². The van der Waals surface area contributed by atoms with E-state index in [2.05, 4.69) is 10.5 Å². The fraction of sp³-hybridized carbons (Fsp3) is 0.222. The average Bonchev–Trinajstić information content (AvgIpc) is 2.57. The van der Waals surface area contributed by atoms with Crippen molar-refractivity contribution in [3.8, 4) is 11.5 Å². The summed E-state index contributed by atoms with van der Waals surface area (Å²) >= 11 is 0. The number of amides is 1. The van der Waals surface area contributed by atoms with Gasteiger partial charge in [-0.2, -0.15) is 5.10 Å². The number of phenolic OH excluding ortho intramolecular Hbond substituents is 1. The molecule has 23 heavy (non-hydrogen) atoms. The van der Waals surface area contributed by atoms with Gasteiger partial charge in [-0.25, -0.2) is 5.43 Å². The first-order valence-corrected chi connectivity index (χ1v) is 7.53. The molecule has 0 aromatic heterocycles. The summed E-state index contributed by atoms with van der Waals surface area (Å²) in [5.41, 5.74) is 4.24. The molecule has 2 N–H and O–H groups in total. The van der Waals surface area contributed by atoms with Crippen LogP contribution in [-0.2, 0) is 0 Å². The summed E-state index contributed by atoms with van der Waals surface area (Å²) in [6.45, 7) is 4.39. The Morgan fingerprint density at radius 2 is 1.83 bits per heavy atom. The molecule has 0 heterocycles. The van der Waals surface area contributed by atoms with E-state index in [0.717, 1.165) is 5.75 Å². The first-order valence-electron chi connectivity index (χ1n) is 7.53. The summed E-state index contributed by atoms with van der Waals surface area (Å²) in [5, 5.41) is 14.0. The standard InChI is InChI=1S/C18H20N2O3/c1-3-16(15-7-5-6-8-17(15)21)19-20-18(22)13-9-11-14(12-10-13)23-4-2/h5-12,21H,3-4H2,1-2H3,(H,20,22). The highest BCUT2D eigenvalue weighted by atomic mass is 16.5. The fourth-order valence-electron chi connectivity index (χ4n) is 2.10. The maximum atomic E-state index is 12.1. The van der Waals surface area contributed by atoms with Gasteiger partial charge in [-0.15, -0.1) is 0 Å². The number of rotatable bonds is 6. The van der Waals surface area contributed by atoms with E-state index in [0.29, 0.717) is 29.9 Å². The van der Waals surface area contributed by atoms with Gasteiger partial charge in [-0.3, -0.25) is 4.79 Å². The second-order valence-corrected chi connectivity index (χ2v) is 4.83. The lowest BCUT2D eigenvalue weighted by Crippen LogP contribution is -2.20. The Balaban J connectivity index is 2.11. The maximum Gasteiger partial charge on any atom is 0.271 e. The predicted octanol–water partition coefficient (Wildman–Crippen LogP) is 3.34. The van der Waals surface area contributed by atoms with E-state index in [4.69, 9.17) is 4.74 Å². The van der Waals surface area contributed by atoms with Crippen molar-refractivity contribution in [2.45, 2.75) is 20.3 Å². The second-order valence-electron chi connectivity index (χ2n) is 4.83. The quantitative estimate of drug-likeness (QED) is 0.635. The molecule has 0 saturated heterocycles. The van der Waals surface area contributed by atoms with Gasteiger partial charge in [0, 0.05) is 11.1 Å². The Hall–Kier alpha value is -2.82. The predicted molar refractivity (Wildman–Crippen MR) is 90.0 cm³/mol. The monoisotopic (exact) mass is 312 g/mol. The third kappa shape index (κ3) is 4.32. The van der Waals surface area contributed by atoms with E-state index in [1.165, 1.54) is 0 Å². The zero-order valence-corrected chi connectivity index (χ0v) is 13.2. The van der Waals surface area contributed by atoms with Crippen molar-refractivity contribution in [1.29, 1.82) is 0 Å². The van der Waals surface area contributed by atoms with Gasteiger partial charge in [-0.05, 0) is 49.7 Å². The van der Waals surface area contributed by atoms with Crippen molar-refractivity contribution < 1.29 is 14.6 Å². The lowest BCUT2D eigenvalue weighted by molar-refractivity contribution is 0.0954. The molecule has 0 aliphatic rings. The van der Waals surface area contributed by atoms with Crippen molar-refractivity contribution in [2.24, 2.45) is 5.10 Å². The summed E-state index contributed by atoms with van der Waals surface area (Å²) in [6.07, 6.45) is 0.584. The SMILES string of the molecule is CCOc1ccc(C(=O)NN=C(CC)c2ccccc2O)cc1. The molecule has 0 fully saturated rings. The van der Waals surface area contributed by atoms with E-state index in [1.54, 1.807) is 42.5 Å². The smallest absolute Gasteiger partial charge is 0.271 e. The molecule has 0 aliphatic heterocycles. The zero-order chi connectivity index (χ0) is 16.7. The lowest BCUT2D eigenvalue weighted by atomic mass is 10.1. The lowest BCUT2D eigenvalue weighted by Gasteiger charge is -2.07. The number of hydrazone groups is 1. The van der Waals surface area contributed by atoms with Crippen LogP contribution in [0.4, 0.5) is 0 Å². The van der Waals surface area contributed by atoms with E-state index in [9.17, 15) is 9.90 Å². The van der Waals surface area contributed by atoms with Gasteiger partial charge in [0.2, 0.25) is 0 Å². The number of carbonyl (C=O) groups is 1. The summed E-state index contributed by atoms with van der Waals surface area (Å²) in [6, 6.07) is 13.8. The number of nitrogens with one attached hydrogen (secondary N) is 1.